The topological polar surface area (TPSA) is 67.2 Å². The third-order valence-electron chi connectivity index (χ3n) is 2.97. The van der Waals surface area contributed by atoms with Crippen LogP contribution in [0.3, 0.4) is 0 Å². The number of nitrogens with zero attached hydrogens (tertiary/aromatic N) is 3. The first-order valence-electron chi connectivity index (χ1n) is 7.17. The van der Waals surface area contributed by atoms with Crippen molar-refractivity contribution < 1.29 is 4.79 Å². The minimum absolute atomic E-state index is 0.170. The van der Waals surface area contributed by atoms with Gasteiger partial charge in [-0.15, -0.1) is 11.3 Å². The summed E-state index contributed by atoms with van der Waals surface area (Å²) in [6, 6.07) is 13.6. The van der Waals surface area contributed by atoms with Crippen LogP contribution in [0.4, 0.5) is 0 Å². The average Bonchev–Trinajstić information content (AvgIpc) is 3.11. The number of thiazole rings is 1. The molecule has 5 nitrogen and oxygen atoms in total. The minimum atomic E-state index is -0.170. The van der Waals surface area contributed by atoms with Crippen molar-refractivity contribution in [2.24, 2.45) is 5.10 Å². The van der Waals surface area contributed by atoms with Gasteiger partial charge in [-0.1, -0.05) is 48.2 Å². The maximum atomic E-state index is 11.8. The van der Waals surface area contributed by atoms with E-state index in [0.717, 1.165) is 21.2 Å². The van der Waals surface area contributed by atoms with Gasteiger partial charge in [0.05, 0.1) is 17.7 Å². The van der Waals surface area contributed by atoms with E-state index in [-0.39, 0.29) is 11.7 Å². The number of hydrazone groups is 1. The van der Waals surface area contributed by atoms with E-state index < -0.39 is 0 Å². The van der Waals surface area contributed by atoms with Gasteiger partial charge in [-0.3, -0.25) is 9.78 Å². The fraction of sp³-hybridized carbons (Fsp3) is 0.0588. The lowest BCUT2D eigenvalue weighted by atomic mass is 10.2. The predicted molar refractivity (Wildman–Crippen MR) is 98.2 cm³/mol. The van der Waals surface area contributed by atoms with Crippen molar-refractivity contribution in [2.75, 3.05) is 5.75 Å². The molecule has 0 spiro atoms. The summed E-state index contributed by atoms with van der Waals surface area (Å²) in [6.45, 7) is 0. The van der Waals surface area contributed by atoms with E-state index >= 15 is 0 Å². The molecular formula is C17H14N4OS2. The molecule has 3 aromatic rings. The van der Waals surface area contributed by atoms with Crippen LogP contribution in [0.5, 0.6) is 0 Å². The SMILES string of the molecule is O=C(CSc1nc(-c2ccccc2)cs1)N/N=C/c1cccnc1. The Morgan fingerprint density at radius 2 is 2.12 bits per heavy atom. The Morgan fingerprint density at radius 1 is 1.25 bits per heavy atom. The van der Waals surface area contributed by atoms with Gasteiger partial charge < -0.3 is 0 Å². The third kappa shape index (κ3) is 4.74. The highest BCUT2D eigenvalue weighted by atomic mass is 32.2. The minimum Gasteiger partial charge on any atom is -0.272 e. The lowest BCUT2D eigenvalue weighted by Crippen LogP contribution is -2.19. The number of aromatic nitrogens is 2. The summed E-state index contributed by atoms with van der Waals surface area (Å²) in [5.41, 5.74) is 5.33. The van der Waals surface area contributed by atoms with Crippen molar-refractivity contribution in [1.82, 2.24) is 15.4 Å². The van der Waals surface area contributed by atoms with Gasteiger partial charge in [0.2, 0.25) is 0 Å². The molecule has 0 atom stereocenters. The molecule has 3 rings (SSSR count). The number of rotatable bonds is 6. The molecule has 0 unspecified atom stereocenters. The quantitative estimate of drug-likeness (QED) is 0.418. The van der Waals surface area contributed by atoms with Gasteiger partial charge >= 0.3 is 0 Å². The zero-order valence-electron chi connectivity index (χ0n) is 12.6. The number of nitrogens with one attached hydrogen (secondary N) is 1. The van der Waals surface area contributed by atoms with Crippen LogP contribution in [0, 0.1) is 0 Å². The number of carbonyl (C=O) groups excluding carboxylic acids is 1. The monoisotopic (exact) mass is 354 g/mol. The van der Waals surface area contributed by atoms with Gasteiger partial charge in [0.25, 0.3) is 5.91 Å². The van der Waals surface area contributed by atoms with Crippen LogP contribution in [0.25, 0.3) is 11.3 Å². The molecule has 0 radical (unpaired) electrons. The second-order valence-electron chi connectivity index (χ2n) is 4.73. The zero-order valence-corrected chi connectivity index (χ0v) is 14.3. The van der Waals surface area contributed by atoms with Gasteiger partial charge in [-0.05, 0) is 6.07 Å². The summed E-state index contributed by atoms with van der Waals surface area (Å²) in [7, 11) is 0. The van der Waals surface area contributed by atoms with E-state index in [1.807, 2.05) is 47.8 Å². The molecule has 0 fully saturated rings. The standard InChI is InChI=1S/C17H14N4OS2/c22-16(21-19-10-13-5-4-8-18-9-13)12-24-17-20-15(11-23-17)14-6-2-1-3-7-14/h1-11H,12H2,(H,21,22)/b19-10+. The lowest BCUT2D eigenvalue weighted by Gasteiger charge is -1.98. The summed E-state index contributed by atoms with van der Waals surface area (Å²) in [6.07, 6.45) is 4.92. The van der Waals surface area contributed by atoms with Gasteiger partial charge in [0.15, 0.2) is 4.34 Å². The highest BCUT2D eigenvalue weighted by Gasteiger charge is 2.07. The Balaban J connectivity index is 1.48. The summed E-state index contributed by atoms with van der Waals surface area (Å²) < 4.78 is 0.861. The highest BCUT2D eigenvalue weighted by molar-refractivity contribution is 8.01. The molecule has 0 saturated carbocycles. The largest absolute Gasteiger partial charge is 0.272 e. The van der Waals surface area contributed by atoms with Crippen molar-refractivity contribution in [3.63, 3.8) is 0 Å². The van der Waals surface area contributed by atoms with Crippen molar-refractivity contribution in [1.29, 1.82) is 0 Å². The first-order valence-corrected chi connectivity index (χ1v) is 9.03. The van der Waals surface area contributed by atoms with Crippen LogP contribution < -0.4 is 5.43 Å². The molecule has 1 aromatic carbocycles. The first-order chi connectivity index (χ1) is 11.8. The lowest BCUT2D eigenvalue weighted by molar-refractivity contribution is -0.118. The van der Waals surface area contributed by atoms with Gasteiger partial charge in [0, 0.05) is 28.9 Å². The molecule has 2 aromatic heterocycles. The van der Waals surface area contributed by atoms with Gasteiger partial charge in [-0.25, -0.2) is 10.4 Å². The molecule has 0 saturated heterocycles. The van der Waals surface area contributed by atoms with E-state index in [2.05, 4.69) is 20.5 Å². The highest BCUT2D eigenvalue weighted by Crippen LogP contribution is 2.27. The van der Waals surface area contributed by atoms with E-state index in [4.69, 9.17) is 0 Å². The first kappa shape index (κ1) is 16.4. The molecule has 24 heavy (non-hydrogen) atoms. The molecule has 120 valence electrons. The van der Waals surface area contributed by atoms with Gasteiger partial charge in [-0.2, -0.15) is 5.10 Å². The maximum Gasteiger partial charge on any atom is 0.250 e. The molecule has 1 amide bonds. The maximum absolute atomic E-state index is 11.8. The molecule has 2 heterocycles. The number of pyridine rings is 1. The Morgan fingerprint density at radius 3 is 2.92 bits per heavy atom. The number of hydrogen-bond acceptors (Lipinski definition) is 6. The molecule has 0 aliphatic carbocycles. The number of thioether (sulfide) groups is 1. The van der Waals surface area contributed by atoms with Crippen LogP contribution in [0.1, 0.15) is 5.56 Å². The third-order valence-corrected chi connectivity index (χ3v) is 4.99. The Hall–Kier alpha value is -2.51. The fourth-order valence-corrected chi connectivity index (χ4v) is 3.48. The van der Waals surface area contributed by atoms with Crippen LogP contribution in [-0.2, 0) is 4.79 Å². The molecule has 0 aliphatic rings. The fourth-order valence-electron chi connectivity index (χ4n) is 1.86. The Kier molecular flexibility index (Phi) is 5.70. The molecular weight excluding hydrogens is 340 g/mol. The Labute approximate surface area is 147 Å². The van der Waals surface area contributed by atoms with E-state index in [9.17, 15) is 4.79 Å². The molecule has 0 bridgehead atoms. The second-order valence-corrected chi connectivity index (χ2v) is 6.81. The Bertz CT molecular complexity index is 819. The second kappa shape index (κ2) is 8.37. The van der Waals surface area contributed by atoms with Crippen molar-refractivity contribution in [2.45, 2.75) is 4.34 Å². The molecule has 7 heteroatoms. The smallest absolute Gasteiger partial charge is 0.250 e. The van der Waals surface area contributed by atoms with Gasteiger partial charge in [0.1, 0.15) is 0 Å². The van der Waals surface area contributed by atoms with Crippen LogP contribution in [0.15, 0.2) is 69.7 Å². The van der Waals surface area contributed by atoms with E-state index in [0.29, 0.717) is 0 Å². The molecule has 0 aliphatic heterocycles. The number of benzene rings is 1. The van der Waals surface area contributed by atoms with Crippen LogP contribution in [0.2, 0.25) is 0 Å². The van der Waals surface area contributed by atoms with E-state index in [1.54, 1.807) is 18.6 Å². The van der Waals surface area contributed by atoms with E-state index in [1.165, 1.54) is 23.1 Å². The van der Waals surface area contributed by atoms with Crippen LogP contribution in [-0.4, -0.2) is 27.8 Å². The number of amides is 1. The zero-order chi connectivity index (χ0) is 16.6. The normalized spacial score (nSPS) is 10.8. The van der Waals surface area contributed by atoms with Crippen LogP contribution >= 0.6 is 23.1 Å². The van der Waals surface area contributed by atoms with Crippen molar-refractivity contribution >= 4 is 35.2 Å². The molecule has 1 N–H and O–H groups in total. The summed E-state index contributed by atoms with van der Waals surface area (Å²) >= 11 is 2.93. The number of hydrogen-bond donors (Lipinski definition) is 1. The summed E-state index contributed by atoms with van der Waals surface area (Å²) in [4.78, 5) is 20.3. The summed E-state index contributed by atoms with van der Waals surface area (Å²) in [5.74, 6) is 0.100. The predicted octanol–water partition coefficient (Wildman–Crippen LogP) is 3.45. The van der Waals surface area contributed by atoms with Crippen molar-refractivity contribution in [3.05, 3.63) is 65.8 Å². The number of carbonyl (C=O) groups is 1. The van der Waals surface area contributed by atoms with Crippen molar-refractivity contribution in [3.8, 4) is 11.3 Å². The summed E-state index contributed by atoms with van der Waals surface area (Å²) in [5, 5.41) is 5.91. The average molecular weight is 354 g/mol.